The number of rotatable bonds is 4. The van der Waals surface area contributed by atoms with Crippen LogP contribution >= 0.6 is 11.6 Å². The molecule has 1 aliphatic heterocycles. The van der Waals surface area contributed by atoms with Crippen molar-refractivity contribution in [2.75, 3.05) is 13.1 Å². The maximum Gasteiger partial charge on any atom is 0.326 e. The number of hydrogen-bond acceptors (Lipinski definition) is 3. The first kappa shape index (κ1) is 20.0. The molecular weight excluding hydrogens is 415 g/mol. The molecule has 0 radical (unpaired) electrons. The topological polar surface area (TPSA) is 53.9 Å². The molecule has 1 N–H and O–H groups in total. The third kappa shape index (κ3) is 4.13. The van der Waals surface area contributed by atoms with Gasteiger partial charge in [-0.3, -0.25) is 14.5 Å². The molecule has 1 saturated heterocycles. The van der Waals surface area contributed by atoms with Gasteiger partial charge < -0.3 is 4.98 Å². The fraction of sp³-hybridized carbons (Fsp3) is 0.250. The molecule has 0 amide bonds. The molecule has 0 saturated carbocycles. The van der Waals surface area contributed by atoms with Crippen molar-refractivity contribution in [3.05, 3.63) is 87.7 Å². The highest BCUT2D eigenvalue weighted by Gasteiger charge is 2.24. The van der Waals surface area contributed by atoms with E-state index in [0.717, 1.165) is 54.9 Å². The summed E-state index contributed by atoms with van der Waals surface area (Å²) in [5.74, 6) is -0.343. The molecule has 0 unspecified atom stereocenters. The molecule has 3 heterocycles. The zero-order valence-corrected chi connectivity index (χ0v) is 17.6. The number of piperidine rings is 1. The predicted molar refractivity (Wildman–Crippen MR) is 121 cm³/mol. The summed E-state index contributed by atoms with van der Waals surface area (Å²) in [4.78, 5) is 22.4. The van der Waals surface area contributed by atoms with E-state index in [0.29, 0.717) is 10.5 Å². The standard InChI is InChI=1S/C24H22ClFN4O/c25-17-6-4-16(5-7-17)21-3-1-2-19(27-21)15-29-12-10-20(11-13-29)30-23-9-8-18(26)14-22(23)28-24(30)31/h1-9,14,20H,10-13,15H2,(H,28,31). The lowest BCUT2D eigenvalue weighted by atomic mass is 10.0. The summed E-state index contributed by atoms with van der Waals surface area (Å²) in [6.45, 7) is 2.51. The van der Waals surface area contributed by atoms with E-state index in [2.05, 4.69) is 9.88 Å². The number of nitrogens with zero attached hydrogens (tertiary/aromatic N) is 3. The molecule has 31 heavy (non-hydrogen) atoms. The van der Waals surface area contributed by atoms with Gasteiger partial charge in [0, 0.05) is 36.3 Å². The maximum atomic E-state index is 13.5. The Bertz CT molecular complexity index is 1270. The van der Waals surface area contributed by atoms with Crippen LogP contribution in [0.3, 0.4) is 0 Å². The van der Waals surface area contributed by atoms with Crippen LogP contribution in [0.15, 0.2) is 65.5 Å². The summed E-state index contributed by atoms with van der Waals surface area (Å²) in [7, 11) is 0. The quantitative estimate of drug-likeness (QED) is 0.488. The Kier molecular flexibility index (Phi) is 5.34. The number of hydrogen-bond donors (Lipinski definition) is 1. The van der Waals surface area contributed by atoms with Gasteiger partial charge in [0.25, 0.3) is 0 Å². The third-order valence-corrected chi connectivity index (χ3v) is 6.19. The lowest BCUT2D eigenvalue weighted by molar-refractivity contribution is 0.178. The van der Waals surface area contributed by atoms with Crippen LogP contribution in [-0.2, 0) is 6.54 Å². The minimum absolute atomic E-state index is 0.108. The van der Waals surface area contributed by atoms with Gasteiger partial charge >= 0.3 is 5.69 Å². The minimum atomic E-state index is -0.343. The first-order valence-electron chi connectivity index (χ1n) is 10.4. The van der Waals surface area contributed by atoms with E-state index in [4.69, 9.17) is 16.6 Å². The van der Waals surface area contributed by atoms with E-state index < -0.39 is 0 Å². The van der Waals surface area contributed by atoms with Crippen LogP contribution < -0.4 is 5.69 Å². The summed E-state index contributed by atoms with van der Waals surface area (Å²) in [5.41, 5.74) is 4.14. The number of halogens is 2. The highest BCUT2D eigenvalue weighted by atomic mass is 35.5. The summed E-state index contributed by atoms with van der Waals surface area (Å²) in [6.07, 6.45) is 1.72. The van der Waals surface area contributed by atoms with Crippen molar-refractivity contribution in [3.8, 4) is 11.3 Å². The summed E-state index contributed by atoms with van der Waals surface area (Å²) >= 11 is 5.99. The molecule has 158 valence electrons. The molecule has 0 aliphatic carbocycles. The molecule has 2 aromatic carbocycles. The number of pyridine rings is 1. The van der Waals surface area contributed by atoms with Gasteiger partial charge in [-0.1, -0.05) is 29.8 Å². The summed E-state index contributed by atoms with van der Waals surface area (Å²) in [5, 5.41) is 0.710. The van der Waals surface area contributed by atoms with Crippen molar-refractivity contribution in [1.82, 2.24) is 19.4 Å². The Morgan fingerprint density at radius 3 is 2.61 bits per heavy atom. The molecule has 0 atom stereocenters. The fourth-order valence-electron chi connectivity index (χ4n) is 4.38. The molecule has 5 nitrogen and oxygen atoms in total. The average molecular weight is 437 g/mol. The highest BCUT2D eigenvalue weighted by Crippen LogP contribution is 2.26. The van der Waals surface area contributed by atoms with Crippen LogP contribution in [0, 0.1) is 5.82 Å². The summed E-state index contributed by atoms with van der Waals surface area (Å²) < 4.78 is 15.3. The van der Waals surface area contributed by atoms with Crippen LogP contribution in [0.2, 0.25) is 5.02 Å². The molecule has 1 aliphatic rings. The number of nitrogens with one attached hydrogen (secondary N) is 1. The van der Waals surface area contributed by atoms with E-state index in [1.807, 2.05) is 42.5 Å². The normalized spacial score (nSPS) is 15.5. The highest BCUT2D eigenvalue weighted by molar-refractivity contribution is 6.30. The van der Waals surface area contributed by atoms with Crippen molar-refractivity contribution in [1.29, 1.82) is 0 Å². The van der Waals surface area contributed by atoms with Crippen LogP contribution in [0.5, 0.6) is 0 Å². The summed E-state index contributed by atoms with van der Waals surface area (Å²) in [6, 6.07) is 18.3. The molecule has 5 rings (SSSR count). The number of aromatic nitrogens is 3. The number of aromatic amines is 1. The Hall–Kier alpha value is -2.96. The Balaban J connectivity index is 1.28. The first-order chi connectivity index (χ1) is 15.1. The zero-order valence-electron chi connectivity index (χ0n) is 16.9. The van der Waals surface area contributed by atoms with Crippen LogP contribution in [0.25, 0.3) is 22.3 Å². The van der Waals surface area contributed by atoms with Crippen molar-refractivity contribution >= 4 is 22.6 Å². The number of fused-ring (bicyclic) bond motifs is 1. The number of benzene rings is 2. The van der Waals surface area contributed by atoms with Crippen LogP contribution in [-0.4, -0.2) is 32.5 Å². The number of imidazole rings is 1. The van der Waals surface area contributed by atoms with Gasteiger partial charge in [-0.05, 0) is 55.3 Å². The first-order valence-corrected chi connectivity index (χ1v) is 10.8. The van der Waals surface area contributed by atoms with Gasteiger partial charge in [-0.15, -0.1) is 0 Å². The van der Waals surface area contributed by atoms with E-state index in [1.165, 1.54) is 12.1 Å². The van der Waals surface area contributed by atoms with Crippen molar-refractivity contribution < 1.29 is 4.39 Å². The molecule has 0 spiro atoms. The second kappa shape index (κ2) is 8.29. The SMILES string of the molecule is O=c1[nH]c2cc(F)ccc2n1C1CCN(Cc2cccc(-c3ccc(Cl)cc3)n2)CC1. The molecule has 0 bridgehead atoms. The second-order valence-corrected chi connectivity index (χ2v) is 8.43. The van der Waals surface area contributed by atoms with E-state index >= 15 is 0 Å². The van der Waals surface area contributed by atoms with Crippen molar-refractivity contribution in [2.45, 2.75) is 25.4 Å². The molecule has 4 aromatic rings. The zero-order chi connectivity index (χ0) is 21.4. The monoisotopic (exact) mass is 436 g/mol. The lowest BCUT2D eigenvalue weighted by Crippen LogP contribution is -2.36. The van der Waals surface area contributed by atoms with E-state index in [1.54, 1.807) is 10.6 Å². The van der Waals surface area contributed by atoms with Gasteiger partial charge in [0.05, 0.1) is 22.4 Å². The fourth-order valence-corrected chi connectivity index (χ4v) is 4.51. The van der Waals surface area contributed by atoms with Crippen molar-refractivity contribution in [2.24, 2.45) is 0 Å². The van der Waals surface area contributed by atoms with Crippen molar-refractivity contribution in [3.63, 3.8) is 0 Å². The number of likely N-dealkylation sites (tertiary alicyclic amines) is 1. The Labute approximate surface area is 184 Å². The lowest BCUT2D eigenvalue weighted by Gasteiger charge is -2.32. The third-order valence-electron chi connectivity index (χ3n) is 5.93. The maximum absolute atomic E-state index is 13.5. The van der Waals surface area contributed by atoms with E-state index in [-0.39, 0.29) is 17.5 Å². The smallest absolute Gasteiger partial charge is 0.305 e. The van der Waals surface area contributed by atoms with Crippen LogP contribution in [0.1, 0.15) is 24.6 Å². The van der Waals surface area contributed by atoms with Gasteiger partial charge in [-0.2, -0.15) is 0 Å². The van der Waals surface area contributed by atoms with Gasteiger partial charge in [0.2, 0.25) is 0 Å². The Morgan fingerprint density at radius 2 is 1.84 bits per heavy atom. The van der Waals surface area contributed by atoms with Gasteiger partial charge in [-0.25, -0.2) is 9.18 Å². The number of H-pyrrole nitrogens is 1. The van der Waals surface area contributed by atoms with E-state index in [9.17, 15) is 9.18 Å². The van der Waals surface area contributed by atoms with Gasteiger partial charge in [0.15, 0.2) is 0 Å². The molecule has 7 heteroatoms. The van der Waals surface area contributed by atoms with Crippen LogP contribution in [0.4, 0.5) is 4.39 Å². The second-order valence-electron chi connectivity index (χ2n) is 7.99. The predicted octanol–water partition coefficient (Wildman–Crippen LogP) is 5.02. The minimum Gasteiger partial charge on any atom is -0.305 e. The van der Waals surface area contributed by atoms with Gasteiger partial charge in [0.1, 0.15) is 5.82 Å². The average Bonchev–Trinajstić information content (AvgIpc) is 3.10. The Morgan fingerprint density at radius 1 is 1.06 bits per heavy atom. The largest absolute Gasteiger partial charge is 0.326 e. The molecule has 2 aromatic heterocycles. The molecular formula is C24H22ClFN4O. The molecule has 1 fully saturated rings.